The van der Waals surface area contributed by atoms with Gasteiger partial charge in [-0.25, -0.2) is 0 Å². The molecule has 19 heavy (non-hydrogen) atoms. The third kappa shape index (κ3) is 4.32. The highest BCUT2D eigenvalue weighted by atomic mass is 16.7. The summed E-state index contributed by atoms with van der Waals surface area (Å²) in [4.78, 5) is 0. The highest BCUT2D eigenvalue weighted by molar-refractivity contribution is 5.14. The first-order chi connectivity index (χ1) is 8.95. The maximum absolute atomic E-state index is 5.91. The molecule has 1 aliphatic heterocycles. The Kier molecular flexibility index (Phi) is 4.64. The van der Waals surface area contributed by atoms with Crippen molar-refractivity contribution in [2.45, 2.75) is 65.5 Å². The van der Waals surface area contributed by atoms with Gasteiger partial charge in [0.1, 0.15) is 0 Å². The number of ether oxygens (including phenoxy) is 2. The van der Waals surface area contributed by atoms with Gasteiger partial charge in [-0.15, -0.1) is 0 Å². The molecule has 0 unspecified atom stereocenters. The zero-order chi connectivity index (χ0) is 13.9. The van der Waals surface area contributed by atoms with Crippen LogP contribution < -0.4 is 0 Å². The Hall–Kier alpha value is -0.860. The van der Waals surface area contributed by atoms with E-state index in [1.165, 1.54) is 5.56 Å². The molecule has 0 radical (unpaired) electrons. The van der Waals surface area contributed by atoms with E-state index in [9.17, 15) is 0 Å². The minimum atomic E-state index is -0.0845. The van der Waals surface area contributed by atoms with Crippen molar-refractivity contribution < 1.29 is 9.47 Å². The summed E-state index contributed by atoms with van der Waals surface area (Å²) in [7, 11) is 0. The van der Waals surface area contributed by atoms with E-state index >= 15 is 0 Å². The molecule has 1 saturated heterocycles. The molecule has 0 spiro atoms. The lowest BCUT2D eigenvalue weighted by atomic mass is 9.84. The Balaban J connectivity index is 1.89. The second kappa shape index (κ2) is 6.06. The molecule has 0 aliphatic carbocycles. The van der Waals surface area contributed by atoms with Gasteiger partial charge >= 0.3 is 0 Å². The van der Waals surface area contributed by atoms with Crippen LogP contribution in [-0.4, -0.2) is 18.5 Å². The summed E-state index contributed by atoms with van der Waals surface area (Å²) >= 11 is 0. The van der Waals surface area contributed by atoms with Crippen LogP contribution in [0.15, 0.2) is 30.3 Å². The van der Waals surface area contributed by atoms with Crippen LogP contribution >= 0.6 is 0 Å². The molecule has 1 fully saturated rings. The molecule has 0 N–H and O–H groups in total. The first kappa shape index (κ1) is 14.5. The number of rotatable bonds is 3. The summed E-state index contributed by atoms with van der Waals surface area (Å²) in [5.74, 6) is 0. The van der Waals surface area contributed by atoms with Gasteiger partial charge in [-0.3, -0.25) is 0 Å². The molecular weight excluding hydrogens is 236 g/mol. The minimum Gasteiger partial charge on any atom is -0.350 e. The lowest BCUT2D eigenvalue weighted by Crippen LogP contribution is -2.43. The number of hydrogen-bond acceptors (Lipinski definition) is 2. The topological polar surface area (TPSA) is 18.5 Å². The number of benzene rings is 1. The zero-order valence-electron chi connectivity index (χ0n) is 12.6. The Labute approximate surface area is 117 Å². The maximum atomic E-state index is 5.91. The normalized spacial score (nSPS) is 28.3. The van der Waals surface area contributed by atoms with Crippen LogP contribution in [0.4, 0.5) is 0 Å². The summed E-state index contributed by atoms with van der Waals surface area (Å²) in [6.45, 7) is 8.73. The fourth-order valence-corrected chi connectivity index (χ4v) is 2.60. The lowest BCUT2D eigenvalue weighted by Gasteiger charge is -2.40. The Morgan fingerprint density at radius 3 is 2.42 bits per heavy atom. The van der Waals surface area contributed by atoms with Gasteiger partial charge in [-0.2, -0.15) is 0 Å². The van der Waals surface area contributed by atoms with E-state index in [4.69, 9.17) is 9.47 Å². The van der Waals surface area contributed by atoms with Crippen LogP contribution in [0.5, 0.6) is 0 Å². The van der Waals surface area contributed by atoms with Gasteiger partial charge in [-0.1, -0.05) is 51.1 Å². The summed E-state index contributed by atoms with van der Waals surface area (Å²) in [5.41, 5.74) is 1.57. The van der Waals surface area contributed by atoms with Crippen molar-refractivity contribution in [1.82, 2.24) is 0 Å². The van der Waals surface area contributed by atoms with E-state index in [2.05, 4.69) is 51.1 Å². The Morgan fingerprint density at radius 1 is 1.11 bits per heavy atom. The molecule has 2 rings (SSSR count). The van der Waals surface area contributed by atoms with Gasteiger partial charge < -0.3 is 9.47 Å². The van der Waals surface area contributed by atoms with Crippen molar-refractivity contribution >= 4 is 0 Å². The van der Waals surface area contributed by atoms with Crippen molar-refractivity contribution in [3.05, 3.63) is 35.9 Å². The number of hydrogen-bond donors (Lipinski definition) is 0. The van der Waals surface area contributed by atoms with Crippen molar-refractivity contribution in [3.8, 4) is 0 Å². The van der Waals surface area contributed by atoms with Crippen molar-refractivity contribution in [2.75, 3.05) is 0 Å². The first-order valence-corrected chi connectivity index (χ1v) is 7.30. The predicted octanol–water partition coefficient (Wildman–Crippen LogP) is 4.19. The van der Waals surface area contributed by atoms with E-state index < -0.39 is 0 Å². The SMILES string of the molecule is C[C@@H]1O[C@H](CCc2ccccc2)C[C@H](C(C)(C)C)O1. The maximum Gasteiger partial charge on any atom is 0.155 e. The fraction of sp³-hybridized carbons (Fsp3) is 0.647. The highest BCUT2D eigenvalue weighted by Crippen LogP contribution is 2.33. The summed E-state index contributed by atoms with van der Waals surface area (Å²) < 4.78 is 11.8. The van der Waals surface area contributed by atoms with E-state index in [0.29, 0.717) is 6.10 Å². The minimum absolute atomic E-state index is 0.0845. The van der Waals surface area contributed by atoms with Gasteiger partial charge in [0.05, 0.1) is 12.2 Å². The molecule has 2 heteroatoms. The van der Waals surface area contributed by atoms with Crippen molar-refractivity contribution in [2.24, 2.45) is 5.41 Å². The van der Waals surface area contributed by atoms with Crippen LogP contribution in [0.3, 0.4) is 0 Å². The van der Waals surface area contributed by atoms with E-state index in [1.807, 2.05) is 6.92 Å². The van der Waals surface area contributed by atoms with Gasteiger partial charge in [-0.05, 0) is 30.7 Å². The lowest BCUT2D eigenvalue weighted by molar-refractivity contribution is -0.254. The summed E-state index contributed by atoms with van der Waals surface area (Å²) in [6, 6.07) is 10.6. The molecule has 0 saturated carbocycles. The Bertz CT molecular complexity index is 380. The molecule has 1 aliphatic rings. The molecule has 3 atom stereocenters. The smallest absolute Gasteiger partial charge is 0.155 e. The molecule has 1 aromatic carbocycles. The fourth-order valence-electron chi connectivity index (χ4n) is 2.60. The third-order valence-electron chi connectivity index (χ3n) is 3.78. The predicted molar refractivity (Wildman–Crippen MR) is 78.0 cm³/mol. The van der Waals surface area contributed by atoms with Gasteiger partial charge in [0.2, 0.25) is 0 Å². The average Bonchev–Trinajstić information content (AvgIpc) is 2.36. The van der Waals surface area contributed by atoms with E-state index in [-0.39, 0.29) is 17.8 Å². The van der Waals surface area contributed by atoms with Gasteiger partial charge in [0, 0.05) is 6.42 Å². The molecule has 2 nitrogen and oxygen atoms in total. The zero-order valence-corrected chi connectivity index (χ0v) is 12.6. The van der Waals surface area contributed by atoms with Crippen molar-refractivity contribution in [1.29, 1.82) is 0 Å². The van der Waals surface area contributed by atoms with Gasteiger partial charge in [0.15, 0.2) is 6.29 Å². The molecule has 0 bridgehead atoms. The van der Waals surface area contributed by atoms with Crippen LogP contribution in [-0.2, 0) is 15.9 Å². The summed E-state index contributed by atoms with van der Waals surface area (Å²) in [5, 5.41) is 0. The van der Waals surface area contributed by atoms with E-state index in [0.717, 1.165) is 19.3 Å². The van der Waals surface area contributed by atoms with Crippen LogP contribution in [0.1, 0.15) is 46.1 Å². The summed E-state index contributed by atoms with van der Waals surface area (Å²) in [6.07, 6.45) is 3.67. The molecule has 1 aromatic rings. The second-order valence-corrected chi connectivity index (χ2v) is 6.58. The van der Waals surface area contributed by atoms with Crippen LogP contribution in [0, 0.1) is 5.41 Å². The molecule has 106 valence electrons. The first-order valence-electron chi connectivity index (χ1n) is 7.30. The quantitative estimate of drug-likeness (QED) is 0.813. The molecule has 0 amide bonds. The average molecular weight is 262 g/mol. The Morgan fingerprint density at radius 2 is 1.79 bits per heavy atom. The molecular formula is C17H26O2. The molecule has 0 aromatic heterocycles. The monoisotopic (exact) mass is 262 g/mol. The van der Waals surface area contributed by atoms with Crippen LogP contribution in [0.2, 0.25) is 0 Å². The molecule has 1 heterocycles. The van der Waals surface area contributed by atoms with E-state index in [1.54, 1.807) is 0 Å². The van der Waals surface area contributed by atoms with Gasteiger partial charge in [0.25, 0.3) is 0 Å². The second-order valence-electron chi connectivity index (χ2n) is 6.58. The highest BCUT2D eigenvalue weighted by Gasteiger charge is 2.34. The van der Waals surface area contributed by atoms with Crippen molar-refractivity contribution in [3.63, 3.8) is 0 Å². The number of aryl methyl sites for hydroxylation is 1. The largest absolute Gasteiger partial charge is 0.350 e. The standard InChI is InChI=1S/C17H26O2/c1-13-18-15(12-16(19-13)17(2,3)4)11-10-14-8-6-5-7-9-14/h5-9,13,15-16H,10-12H2,1-4H3/t13-,15-,16-/m1/s1. The third-order valence-corrected chi connectivity index (χ3v) is 3.78. The van der Waals surface area contributed by atoms with Crippen LogP contribution in [0.25, 0.3) is 0 Å².